The molecule has 0 aliphatic carbocycles. The molecule has 0 bridgehead atoms. The summed E-state index contributed by atoms with van der Waals surface area (Å²) in [7, 11) is 0. The number of hydrogen-bond acceptors (Lipinski definition) is 5. The second-order valence-corrected chi connectivity index (χ2v) is 6.43. The Morgan fingerprint density at radius 3 is 2.44 bits per heavy atom. The van der Waals surface area contributed by atoms with E-state index in [-0.39, 0.29) is 29.9 Å². The Morgan fingerprint density at radius 2 is 1.78 bits per heavy atom. The number of nitrogens with zero attached hydrogens (tertiary/aromatic N) is 4. The zero-order valence-electron chi connectivity index (χ0n) is 15.4. The van der Waals surface area contributed by atoms with Crippen LogP contribution in [0, 0.1) is 12.7 Å². The third kappa shape index (κ3) is 4.58. The summed E-state index contributed by atoms with van der Waals surface area (Å²) in [5.74, 6) is 0.448. The van der Waals surface area contributed by atoms with Gasteiger partial charge in [-0.3, -0.25) is 9.59 Å². The van der Waals surface area contributed by atoms with Crippen molar-refractivity contribution in [1.29, 1.82) is 0 Å². The maximum Gasteiger partial charge on any atom is 0.272 e. The van der Waals surface area contributed by atoms with Crippen molar-refractivity contribution in [3.8, 4) is 0 Å². The third-order valence-electron chi connectivity index (χ3n) is 4.49. The second-order valence-electron chi connectivity index (χ2n) is 6.43. The van der Waals surface area contributed by atoms with Crippen LogP contribution in [0.2, 0.25) is 0 Å². The second kappa shape index (κ2) is 8.11. The van der Waals surface area contributed by atoms with Gasteiger partial charge in [0.15, 0.2) is 0 Å². The smallest absolute Gasteiger partial charge is 0.272 e. The maximum atomic E-state index is 13.7. The molecule has 27 heavy (non-hydrogen) atoms. The van der Waals surface area contributed by atoms with Crippen molar-refractivity contribution in [1.82, 2.24) is 19.8 Å². The minimum Gasteiger partial charge on any atom is -0.366 e. The number of benzene rings is 1. The third-order valence-corrected chi connectivity index (χ3v) is 4.49. The number of carbonyl (C=O) groups is 2. The molecule has 1 fully saturated rings. The summed E-state index contributed by atoms with van der Waals surface area (Å²) < 4.78 is 13.7. The predicted octanol–water partition coefficient (Wildman–Crippen LogP) is 1.84. The number of piperazine rings is 1. The molecule has 0 saturated carbocycles. The number of anilines is 1. The first-order chi connectivity index (χ1) is 12.9. The van der Waals surface area contributed by atoms with Crippen LogP contribution in [0.3, 0.4) is 0 Å². The van der Waals surface area contributed by atoms with Crippen LogP contribution < -0.4 is 5.32 Å². The van der Waals surface area contributed by atoms with Gasteiger partial charge in [0.2, 0.25) is 5.91 Å². The summed E-state index contributed by atoms with van der Waals surface area (Å²) >= 11 is 0. The number of rotatable bonds is 4. The van der Waals surface area contributed by atoms with Crippen molar-refractivity contribution >= 4 is 17.6 Å². The van der Waals surface area contributed by atoms with Gasteiger partial charge in [-0.25, -0.2) is 14.4 Å². The van der Waals surface area contributed by atoms with Crippen LogP contribution >= 0.6 is 0 Å². The van der Waals surface area contributed by atoms with E-state index < -0.39 is 0 Å². The molecule has 2 heterocycles. The highest BCUT2D eigenvalue weighted by Gasteiger charge is 2.24. The molecular weight excluding hydrogens is 349 g/mol. The minimum atomic E-state index is -0.296. The molecule has 8 heteroatoms. The maximum absolute atomic E-state index is 13.7. The van der Waals surface area contributed by atoms with Gasteiger partial charge < -0.3 is 15.1 Å². The number of aromatic nitrogens is 2. The Morgan fingerprint density at radius 1 is 1.11 bits per heavy atom. The fourth-order valence-corrected chi connectivity index (χ4v) is 2.98. The summed E-state index contributed by atoms with van der Waals surface area (Å²) in [5, 5.41) is 3.05. The van der Waals surface area contributed by atoms with Gasteiger partial charge in [0.05, 0.1) is 0 Å². The topological polar surface area (TPSA) is 78.4 Å². The Hall–Kier alpha value is -3.03. The van der Waals surface area contributed by atoms with Gasteiger partial charge in [0, 0.05) is 51.3 Å². The van der Waals surface area contributed by atoms with Crippen molar-refractivity contribution in [2.45, 2.75) is 20.4 Å². The van der Waals surface area contributed by atoms with E-state index in [2.05, 4.69) is 15.3 Å². The molecule has 7 nitrogen and oxygen atoms in total. The van der Waals surface area contributed by atoms with Gasteiger partial charge in [0.25, 0.3) is 5.91 Å². The van der Waals surface area contributed by atoms with Crippen molar-refractivity contribution < 1.29 is 14.0 Å². The van der Waals surface area contributed by atoms with E-state index >= 15 is 0 Å². The largest absolute Gasteiger partial charge is 0.366 e. The fraction of sp³-hybridized carbons (Fsp3) is 0.368. The average Bonchev–Trinajstić information content (AvgIpc) is 2.66. The molecule has 0 radical (unpaired) electrons. The van der Waals surface area contributed by atoms with Crippen LogP contribution in [0.4, 0.5) is 10.2 Å². The van der Waals surface area contributed by atoms with E-state index in [9.17, 15) is 14.0 Å². The summed E-state index contributed by atoms with van der Waals surface area (Å²) in [6.45, 7) is 5.47. The Balaban J connectivity index is 1.69. The number of carbonyl (C=O) groups excluding carboxylic acids is 2. The molecule has 3 rings (SSSR count). The first kappa shape index (κ1) is 18.8. The molecule has 1 aliphatic rings. The average molecular weight is 371 g/mol. The van der Waals surface area contributed by atoms with Gasteiger partial charge in [-0.05, 0) is 13.0 Å². The van der Waals surface area contributed by atoms with E-state index in [0.29, 0.717) is 43.4 Å². The zero-order valence-corrected chi connectivity index (χ0v) is 15.4. The lowest BCUT2D eigenvalue weighted by Crippen LogP contribution is -2.50. The minimum absolute atomic E-state index is 0.0135. The molecular formula is C19H22FN5O2. The summed E-state index contributed by atoms with van der Waals surface area (Å²) in [4.78, 5) is 36.1. The fourth-order valence-electron chi connectivity index (χ4n) is 2.98. The Bertz CT molecular complexity index is 850. The quantitative estimate of drug-likeness (QED) is 0.887. The van der Waals surface area contributed by atoms with Gasteiger partial charge in [-0.1, -0.05) is 18.2 Å². The number of aryl methyl sites for hydroxylation is 1. The molecule has 1 N–H and O–H groups in total. The van der Waals surface area contributed by atoms with E-state index in [0.717, 1.165) is 0 Å². The number of amides is 2. The van der Waals surface area contributed by atoms with E-state index in [1.165, 1.54) is 13.0 Å². The van der Waals surface area contributed by atoms with Crippen LogP contribution in [0.1, 0.15) is 28.8 Å². The first-order valence-corrected chi connectivity index (χ1v) is 8.82. The monoisotopic (exact) mass is 371 g/mol. The zero-order chi connectivity index (χ0) is 19.4. The molecule has 0 unspecified atom stereocenters. The summed E-state index contributed by atoms with van der Waals surface area (Å²) in [6, 6.07) is 8.07. The highest BCUT2D eigenvalue weighted by atomic mass is 19.1. The normalized spacial score (nSPS) is 14.2. The molecule has 0 atom stereocenters. The Kier molecular flexibility index (Phi) is 5.63. The SMILES string of the molecule is CC(=O)N1CCN(C(=O)c2cc(NCc3ccccc3F)nc(C)n2)CC1. The van der Waals surface area contributed by atoms with Crippen LogP contribution in [-0.4, -0.2) is 57.8 Å². The lowest BCUT2D eigenvalue weighted by molar-refractivity contribution is -0.130. The predicted molar refractivity (Wildman–Crippen MR) is 98.7 cm³/mol. The molecule has 1 aromatic heterocycles. The Labute approximate surface area is 157 Å². The van der Waals surface area contributed by atoms with E-state index in [1.54, 1.807) is 41.0 Å². The van der Waals surface area contributed by atoms with Crippen molar-refractivity contribution in [3.63, 3.8) is 0 Å². The number of halogens is 1. The highest BCUT2D eigenvalue weighted by Crippen LogP contribution is 2.14. The van der Waals surface area contributed by atoms with Crippen LogP contribution in [0.5, 0.6) is 0 Å². The van der Waals surface area contributed by atoms with Gasteiger partial charge in [0.1, 0.15) is 23.2 Å². The van der Waals surface area contributed by atoms with Crippen LogP contribution in [0.25, 0.3) is 0 Å². The molecule has 1 aliphatic heterocycles. The summed E-state index contributed by atoms with van der Waals surface area (Å²) in [6.07, 6.45) is 0. The molecule has 2 aromatic rings. The number of nitrogens with one attached hydrogen (secondary N) is 1. The van der Waals surface area contributed by atoms with Crippen LogP contribution in [-0.2, 0) is 11.3 Å². The standard InChI is InChI=1S/C19H22FN5O2/c1-13-22-17(19(27)25-9-7-24(8-10-25)14(2)26)11-18(23-13)21-12-15-5-3-4-6-16(15)20/h3-6,11H,7-10,12H2,1-2H3,(H,21,22,23). The molecule has 1 saturated heterocycles. The van der Waals surface area contributed by atoms with Gasteiger partial charge >= 0.3 is 0 Å². The number of hydrogen-bond donors (Lipinski definition) is 1. The van der Waals surface area contributed by atoms with Gasteiger partial charge in [-0.15, -0.1) is 0 Å². The van der Waals surface area contributed by atoms with Crippen molar-refractivity contribution in [3.05, 3.63) is 53.2 Å². The lowest BCUT2D eigenvalue weighted by atomic mass is 10.2. The van der Waals surface area contributed by atoms with Crippen LogP contribution in [0.15, 0.2) is 30.3 Å². The molecule has 142 valence electrons. The molecule has 1 aromatic carbocycles. The molecule has 0 spiro atoms. The first-order valence-electron chi connectivity index (χ1n) is 8.82. The van der Waals surface area contributed by atoms with Crippen molar-refractivity contribution in [2.24, 2.45) is 0 Å². The van der Waals surface area contributed by atoms with E-state index in [4.69, 9.17) is 0 Å². The van der Waals surface area contributed by atoms with Gasteiger partial charge in [-0.2, -0.15) is 0 Å². The van der Waals surface area contributed by atoms with E-state index in [1.807, 2.05) is 0 Å². The summed E-state index contributed by atoms with van der Waals surface area (Å²) in [5.41, 5.74) is 0.803. The highest BCUT2D eigenvalue weighted by molar-refractivity contribution is 5.93. The lowest BCUT2D eigenvalue weighted by Gasteiger charge is -2.34. The molecule has 2 amide bonds. The van der Waals surface area contributed by atoms with Crippen molar-refractivity contribution in [2.75, 3.05) is 31.5 Å².